The highest BCUT2D eigenvalue weighted by Gasteiger charge is 2.35. The van der Waals surface area contributed by atoms with Crippen LogP contribution in [-0.2, 0) is 0 Å². The number of hydrazone groups is 1. The van der Waals surface area contributed by atoms with Crippen molar-refractivity contribution in [1.82, 2.24) is 0 Å². The van der Waals surface area contributed by atoms with E-state index in [1.165, 1.54) is 20.4 Å². The van der Waals surface area contributed by atoms with E-state index in [1.54, 1.807) is 30.3 Å². The summed E-state index contributed by atoms with van der Waals surface area (Å²) < 4.78 is 10.5. The lowest BCUT2D eigenvalue weighted by molar-refractivity contribution is 0.0974. The summed E-state index contributed by atoms with van der Waals surface area (Å²) in [6, 6.07) is 8.13. The molecular weight excluding hydrogens is 296 g/mol. The second kappa shape index (κ2) is 5.57. The molecule has 2 aromatic carbocycles. The maximum atomic E-state index is 12.9. The van der Waals surface area contributed by atoms with Crippen molar-refractivity contribution in [3.05, 3.63) is 58.1 Å². The molecule has 0 atom stereocenters. The molecule has 6 nitrogen and oxygen atoms in total. The van der Waals surface area contributed by atoms with Crippen LogP contribution < -0.4 is 15.3 Å². The Labute approximate surface area is 132 Å². The van der Waals surface area contributed by atoms with Crippen LogP contribution in [0.5, 0.6) is 11.5 Å². The fourth-order valence-electron chi connectivity index (χ4n) is 2.77. The number of carbonyl (C=O) groups is 2. The predicted octanol–water partition coefficient (Wildman–Crippen LogP) is 1.77. The Hall–Kier alpha value is -3.15. The first-order valence-electron chi connectivity index (χ1n) is 6.84. The van der Waals surface area contributed by atoms with Gasteiger partial charge in [0, 0.05) is 11.1 Å². The van der Waals surface area contributed by atoms with Gasteiger partial charge in [0.2, 0.25) is 5.78 Å². The van der Waals surface area contributed by atoms with Crippen molar-refractivity contribution in [2.45, 2.75) is 0 Å². The van der Waals surface area contributed by atoms with Gasteiger partial charge in [0.1, 0.15) is 11.5 Å². The molecule has 116 valence electrons. The van der Waals surface area contributed by atoms with Gasteiger partial charge in [-0.25, -0.2) is 0 Å². The maximum Gasteiger partial charge on any atom is 0.201 e. The van der Waals surface area contributed by atoms with E-state index in [9.17, 15) is 9.59 Å². The van der Waals surface area contributed by atoms with Crippen LogP contribution in [0.25, 0.3) is 0 Å². The Morgan fingerprint density at radius 3 is 2.30 bits per heavy atom. The van der Waals surface area contributed by atoms with E-state index in [2.05, 4.69) is 5.10 Å². The van der Waals surface area contributed by atoms with Crippen LogP contribution >= 0.6 is 0 Å². The Morgan fingerprint density at radius 1 is 0.957 bits per heavy atom. The third-order valence-corrected chi connectivity index (χ3v) is 3.76. The van der Waals surface area contributed by atoms with Gasteiger partial charge in [0.15, 0.2) is 5.78 Å². The average Bonchev–Trinajstić information content (AvgIpc) is 2.58. The number of fused-ring (bicyclic) bond motifs is 2. The number of carbonyl (C=O) groups excluding carboxylic acids is 2. The van der Waals surface area contributed by atoms with Crippen molar-refractivity contribution < 1.29 is 19.1 Å². The minimum Gasteiger partial charge on any atom is -0.496 e. The summed E-state index contributed by atoms with van der Waals surface area (Å²) in [5.41, 5.74) is 1.64. The molecule has 6 heteroatoms. The van der Waals surface area contributed by atoms with Crippen LogP contribution in [0.4, 0.5) is 0 Å². The molecule has 0 saturated heterocycles. The number of ketones is 2. The lowest BCUT2D eigenvalue weighted by Gasteiger charge is -2.21. The van der Waals surface area contributed by atoms with Gasteiger partial charge in [-0.2, -0.15) is 5.10 Å². The lowest BCUT2D eigenvalue weighted by Crippen LogP contribution is -2.23. The van der Waals surface area contributed by atoms with Gasteiger partial charge in [0.05, 0.1) is 31.6 Å². The molecule has 0 heterocycles. The largest absolute Gasteiger partial charge is 0.496 e. The number of nitrogens with zero attached hydrogens (tertiary/aromatic N) is 1. The van der Waals surface area contributed by atoms with Gasteiger partial charge >= 0.3 is 0 Å². The summed E-state index contributed by atoms with van der Waals surface area (Å²) in [5, 5.41) is 3.45. The summed E-state index contributed by atoms with van der Waals surface area (Å²) >= 11 is 0. The minimum atomic E-state index is -0.305. The van der Waals surface area contributed by atoms with Crippen molar-refractivity contribution in [2.24, 2.45) is 10.9 Å². The first kappa shape index (κ1) is 14.8. The van der Waals surface area contributed by atoms with Crippen molar-refractivity contribution in [2.75, 3.05) is 14.2 Å². The van der Waals surface area contributed by atoms with E-state index in [-0.39, 0.29) is 28.3 Å². The first-order valence-corrected chi connectivity index (χ1v) is 6.84. The van der Waals surface area contributed by atoms with E-state index in [4.69, 9.17) is 15.3 Å². The number of benzene rings is 2. The van der Waals surface area contributed by atoms with Crippen molar-refractivity contribution in [3.63, 3.8) is 0 Å². The SMILES string of the molecule is COc1cccc2c1C(=O)c1c(OC)cc(/C=N/N)cc1C2=O. The third kappa shape index (κ3) is 2.15. The molecule has 0 bridgehead atoms. The smallest absolute Gasteiger partial charge is 0.201 e. The molecule has 1 aliphatic carbocycles. The Morgan fingerprint density at radius 2 is 1.65 bits per heavy atom. The molecule has 0 spiro atoms. The topological polar surface area (TPSA) is 91.0 Å². The normalized spacial score (nSPS) is 13.0. The molecule has 0 unspecified atom stereocenters. The number of hydrogen-bond acceptors (Lipinski definition) is 6. The number of hydrogen-bond donors (Lipinski definition) is 1. The fraction of sp³-hybridized carbons (Fsp3) is 0.118. The van der Waals surface area contributed by atoms with Crippen LogP contribution in [0.1, 0.15) is 37.4 Å². The van der Waals surface area contributed by atoms with Crippen LogP contribution in [0.3, 0.4) is 0 Å². The predicted molar refractivity (Wildman–Crippen MR) is 84.6 cm³/mol. The van der Waals surface area contributed by atoms with Gasteiger partial charge in [0.25, 0.3) is 0 Å². The van der Waals surface area contributed by atoms with Crippen LogP contribution in [0, 0.1) is 0 Å². The molecule has 0 radical (unpaired) electrons. The second-order valence-electron chi connectivity index (χ2n) is 4.96. The molecule has 0 amide bonds. The highest BCUT2D eigenvalue weighted by Crippen LogP contribution is 2.37. The van der Waals surface area contributed by atoms with Crippen LogP contribution in [0.15, 0.2) is 35.4 Å². The third-order valence-electron chi connectivity index (χ3n) is 3.76. The van der Waals surface area contributed by atoms with Crippen molar-refractivity contribution in [3.8, 4) is 11.5 Å². The maximum absolute atomic E-state index is 12.9. The Bertz CT molecular complexity index is 856. The molecule has 0 aliphatic heterocycles. The number of methoxy groups -OCH3 is 2. The molecule has 1 aliphatic rings. The van der Waals surface area contributed by atoms with E-state index >= 15 is 0 Å². The highest BCUT2D eigenvalue weighted by atomic mass is 16.5. The summed E-state index contributed by atoms with van der Waals surface area (Å²) in [4.78, 5) is 25.7. The average molecular weight is 310 g/mol. The quantitative estimate of drug-likeness (QED) is 0.452. The van der Waals surface area contributed by atoms with Gasteiger partial charge in [-0.3, -0.25) is 9.59 Å². The standard InChI is InChI=1S/C17H14N2O4/c1-22-12-5-3-4-10-14(12)17(21)15-11(16(10)20)6-9(8-19-18)7-13(15)23-2/h3-8H,18H2,1-2H3/b19-8+. The fourth-order valence-corrected chi connectivity index (χ4v) is 2.77. The van der Waals surface area contributed by atoms with E-state index in [1.807, 2.05) is 0 Å². The molecule has 0 fully saturated rings. The van der Waals surface area contributed by atoms with E-state index < -0.39 is 0 Å². The lowest BCUT2D eigenvalue weighted by atomic mass is 9.82. The number of rotatable bonds is 3. The summed E-state index contributed by atoms with van der Waals surface area (Å²) in [5.74, 6) is 5.26. The molecular formula is C17H14N2O4. The Balaban J connectivity index is 2.33. The summed E-state index contributed by atoms with van der Waals surface area (Å²) in [6.07, 6.45) is 1.39. The monoisotopic (exact) mass is 310 g/mol. The van der Waals surface area contributed by atoms with E-state index in [0.29, 0.717) is 22.6 Å². The molecule has 0 aromatic heterocycles. The van der Waals surface area contributed by atoms with Gasteiger partial charge in [-0.15, -0.1) is 0 Å². The van der Waals surface area contributed by atoms with Crippen molar-refractivity contribution >= 4 is 17.8 Å². The zero-order valence-electron chi connectivity index (χ0n) is 12.6. The molecule has 23 heavy (non-hydrogen) atoms. The molecule has 3 rings (SSSR count). The summed E-state index contributed by atoms with van der Waals surface area (Å²) in [6.45, 7) is 0. The van der Waals surface area contributed by atoms with Gasteiger partial charge < -0.3 is 15.3 Å². The molecule has 0 saturated carbocycles. The van der Waals surface area contributed by atoms with Gasteiger partial charge in [-0.05, 0) is 23.8 Å². The molecule has 2 aromatic rings. The zero-order valence-corrected chi connectivity index (χ0v) is 12.6. The van der Waals surface area contributed by atoms with E-state index in [0.717, 1.165) is 0 Å². The number of nitrogens with two attached hydrogens (primary N) is 1. The first-order chi connectivity index (χ1) is 11.1. The minimum absolute atomic E-state index is 0.226. The van der Waals surface area contributed by atoms with Crippen molar-refractivity contribution in [1.29, 1.82) is 0 Å². The molecule has 2 N–H and O–H groups in total. The zero-order chi connectivity index (χ0) is 16.6. The number of ether oxygens (including phenoxy) is 2. The highest BCUT2D eigenvalue weighted by molar-refractivity contribution is 6.30. The second-order valence-corrected chi connectivity index (χ2v) is 4.96. The summed E-state index contributed by atoms with van der Waals surface area (Å²) in [7, 11) is 2.90. The van der Waals surface area contributed by atoms with Crippen LogP contribution in [-0.4, -0.2) is 32.0 Å². The van der Waals surface area contributed by atoms with Crippen LogP contribution in [0.2, 0.25) is 0 Å². The van der Waals surface area contributed by atoms with Gasteiger partial charge in [-0.1, -0.05) is 12.1 Å². The Kier molecular flexibility index (Phi) is 3.57.